The van der Waals surface area contributed by atoms with Crippen LogP contribution in [-0.2, 0) is 5.41 Å². The second kappa shape index (κ2) is 12.8. The van der Waals surface area contributed by atoms with Gasteiger partial charge in [-0.1, -0.05) is 152 Å². The number of rotatable bonds is 4. The molecule has 2 aliphatic rings. The number of furan rings is 2. The van der Waals surface area contributed by atoms with Crippen LogP contribution in [0.15, 0.2) is 209 Å². The summed E-state index contributed by atoms with van der Waals surface area (Å²) in [5.74, 6) is 1.70. The van der Waals surface area contributed by atoms with Crippen molar-refractivity contribution in [1.82, 2.24) is 15.0 Å². The Hall–Kier alpha value is -8.41. The molecule has 0 bridgehead atoms. The van der Waals surface area contributed by atoms with E-state index in [0.29, 0.717) is 17.5 Å². The van der Waals surface area contributed by atoms with Crippen molar-refractivity contribution in [2.24, 2.45) is 0 Å². The molecule has 0 radical (unpaired) electrons. The number of hydrogen-bond donors (Lipinski definition) is 0. The first-order chi connectivity index (χ1) is 31.2. The number of para-hydroxylation sites is 2. The summed E-state index contributed by atoms with van der Waals surface area (Å²) in [5, 5.41) is 4.26. The molecule has 9 aromatic carbocycles. The maximum Gasteiger partial charge on any atom is 0.164 e. The molecule has 5 heteroatoms. The second-order valence-corrected chi connectivity index (χ2v) is 16.7. The highest BCUT2D eigenvalue weighted by molar-refractivity contribution is 6.07. The maximum absolute atomic E-state index is 6.33. The van der Waals surface area contributed by atoms with Crippen molar-refractivity contribution in [3.05, 3.63) is 222 Å². The third-order valence-electron chi connectivity index (χ3n) is 13.4. The van der Waals surface area contributed by atoms with E-state index in [-0.39, 0.29) is 0 Å². The Bertz CT molecular complexity index is 3700. The highest BCUT2D eigenvalue weighted by Crippen LogP contribution is 2.63. The van der Waals surface area contributed by atoms with Crippen LogP contribution in [0.2, 0.25) is 0 Å². The average molecular weight is 804 g/mol. The Morgan fingerprint density at radius 2 is 0.667 bits per heavy atom. The van der Waals surface area contributed by atoms with Gasteiger partial charge in [-0.2, -0.15) is 0 Å². The Labute approximate surface area is 361 Å². The van der Waals surface area contributed by atoms with Gasteiger partial charge in [-0.25, -0.2) is 15.0 Å². The number of nitrogens with zero attached hydrogens (tertiary/aromatic N) is 3. The van der Waals surface area contributed by atoms with Gasteiger partial charge < -0.3 is 8.83 Å². The van der Waals surface area contributed by atoms with Crippen molar-refractivity contribution >= 4 is 43.9 Å². The highest BCUT2D eigenvalue weighted by atomic mass is 16.3. The first-order valence-electron chi connectivity index (χ1n) is 21.3. The van der Waals surface area contributed by atoms with Crippen molar-refractivity contribution in [2.45, 2.75) is 5.41 Å². The first kappa shape index (κ1) is 34.3. The normalized spacial score (nSPS) is 13.2. The molecule has 63 heavy (non-hydrogen) atoms. The van der Waals surface area contributed by atoms with E-state index in [1.807, 2.05) is 48.5 Å². The van der Waals surface area contributed by atoms with Crippen molar-refractivity contribution in [1.29, 1.82) is 0 Å². The minimum atomic E-state index is -0.424. The molecule has 12 aromatic rings. The van der Waals surface area contributed by atoms with Gasteiger partial charge in [0.15, 0.2) is 17.5 Å². The summed E-state index contributed by atoms with van der Waals surface area (Å²) in [6.07, 6.45) is 0. The molecule has 1 spiro atoms. The van der Waals surface area contributed by atoms with Gasteiger partial charge in [0.05, 0.1) is 5.41 Å². The maximum atomic E-state index is 6.33. The van der Waals surface area contributed by atoms with Gasteiger partial charge in [0, 0.05) is 38.2 Å². The van der Waals surface area contributed by atoms with Crippen LogP contribution < -0.4 is 0 Å². The van der Waals surface area contributed by atoms with Crippen molar-refractivity contribution in [3.63, 3.8) is 0 Å². The Morgan fingerprint density at radius 1 is 0.270 bits per heavy atom. The molecule has 0 atom stereocenters. The van der Waals surface area contributed by atoms with E-state index in [2.05, 4.69) is 152 Å². The molecular weight excluding hydrogens is 771 g/mol. The fraction of sp³-hybridized carbons (Fsp3) is 0.0172. The Balaban J connectivity index is 0.938. The Morgan fingerprint density at radius 3 is 1.21 bits per heavy atom. The summed E-state index contributed by atoms with van der Waals surface area (Å²) in [5.41, 5.74) is 18.1. The summed E-state index contributed by atoms with van der Waals surface area (Å²) in [6, 6.07) is 71.1. The van der Waals surface area contributed by atoms with E-state index >= 15 is 0 Å². The zero-order chi connectivity index (χ0) is 41.2. The lowest BCUT2D eigenvalue weighted by atomic mass is 9.70. The number of hydrogen-bond acceptors (Lipinski definition) is 5. The number of benzene rings is 9. The number of aromatic nitrogens is 3. The third-order valence-corrected chi connectivity index (χ3v) is 13.4. The lowest BCUT2D eigenvalue weighted by molar-refractivity contribution is 0.668. The molecule has 0 saturated carbocycles. The van der Waals surface area contributed by atoms with Crippen LogP contribution in [0.1, 0.15) is 22.3 Å². The van der Waals surface area contributed by atoms with Crippen LogP contribution in [0.3, 0.4) is 0 Å². The highest BCUT2D eigenvalue weighted by Gasteiger charge is 2.51. The van der Waals surface area contributed by atoms with Gasteiger partial charge in [0.1, 0.15) is 22.3 Å². The SMILES string of the molecule is c1cc(-c2ccc3c(c2)C2(c4ccccc4-c4ccccc42)c2ccccc2-3)cc(-c2nc(-c3ccc4c(c3)oc3ccccc34)nc(-c3ccc4c(c3)oc3ccccc34)n2)c1. The summed E-state index contributed by atoms with van der Waals surface area (Å²) in [7, 11) is 0. The molecule has 5 nitrogen and oxygen atoms in total. The van der Waals surface area contributed by atoms with E-state index in [9.17, 15) is 0 Å². The molecule has 0 aliphatic heterocycles. The second-order valence-electron chi connectivity index (χ2n) is 16.7. The molecule has 0 amide bonds. The zero-order valence-electron chi connectivity index (χ0n) is 33.7. The van der Waals surface area contributed by atoms with Gasteiger partial charge in [0.25, 0.3) is 0 Å². The molecular formula is C58H33N3O2. The molecule has 0 N–H and O–H groups in total. The van der Waals surface area contributed by atoms with Crippen LogP contribution in [0.25, 0.3) is 111 Å². The van der Waals surface area contributed by atoms with Gasteiger partial charge in [-0.15, -0.1) is 0 Å². The molecule has 292 valence electrons. The average Bonchev–Trinajstić information content (AvgIpc) is 4.08. The third kappa shape index (κ3) is 4.84. The van der Waals surface area contributed by atoms with E-state index in [1.54, 1.807) is 0 Å². The molecule has 0 fully saturated rings. The topological polar surface area (TPSA) is 65.0 Å². The van der Waals surface area contributed by atoms with Crippen molar-refractivity contribution in [3.8, 4) is 67.5 Å². The lowest BCUT2D eigenvalue weighted by Gasteiger charge is -2.30. The fourth-order valence-corrected chi connectivity index (χ4v) is 10.6. The molecule has 3 aromatic heterocycles. The van der Waals surface area contributed by atoms with Crippen LogP contribution >= 0.6 is 0 Å². The van der Waals surface area contributed by atoms with Gasteiger partial charge in [-0.05, 0) is 104 Å². The predicted molar refractivity (Wildman–Crippen MR) is 252 cm³/mol. The largest absolute Gasteiger partial charge is 0.456 e. The monoisotopic (exact) mass is 803 g/mol. The molecule has 0 saturated heterocycles. The first-order valence-corrected chi connectivity index (χ1v) is 21.3. The van der Waals surface area contributed by atoms with Crippen LogP contribution in [0.4, 0.5) is 0 Å². The quantitative estimate of drug-likeness (QED) is 0.177. The van der Waals surface area contributed by atoms with Crippen LogP contribution in [-0.4, -0.2) is 15.0 Å². The van der Waals surface area contributed by atoms with E-state index < -0.39 is 5.41 Å². The fourth-order valence-electron chi connectivity index (χ4n) is 10.6. The van der Waals surface area contributed by atoms with Gasteiger partial charge in [-0.3, -0.25) is 0 Å². The van der Waals surface area contributed by atoms with Crippen LogP contribution in [0, 0.1) is 0 Å². The zero-order valence-corrected chi connectivity index (χ0v) is 33.7. The van der Waals surface area contributed by atoms with Gasteiger partial charge in [0.2, 0.25) is 0 Å². The van der Waals surface area contributed by atoms with Crippen molar-refractivity contribution in [2.75, 3.05) is 0 Å². The minimum absolute atomic E-state index is 0.424. The minimum Gasteiger partial charge on any atom is -0.456 e. The van der Waals surface area contributed by atoms with Crippen LogP contribution in [0.5, 0.6) is 0 Å². The smallest absolute Gasteiger partial charge is 0.164 e. The molecule has 0 unspecified atom stereocenters. The Kier molecular flexibility index (Phi) is 6.97. The summed E-state index contributed by atoms with van der Waals surface area (Å²) < 4.78 is 12.7. The summed E-state index contributed by atoms with van der Waals surface area (Å²) in [6.45, 7) is 0. The van der Waals surface area contributed by atoms with E-state index in [0.717, 1.165) is 71.7 Å². The standard InChI is InChI=1S/C58H33N3O2/c1-6-19-47-39(14-1)40-15-2-7-20-48(40)58(47)49-21-8-3-16-41(49)42-27-24-35(31-50(42)58)34-12-11-13-36(30-34)55-59-56(37-25-28-45-43-17-4-9-22-51(43)62-53(45)32-37)61-57(60-55)38-26-29-46-44-18-5-10-23-52(44)63-54(46)33-38/h1-33H. The molecule has 3 heterocycles. The summed E-state index contributed by atoms with van der Waals surface area (Å²) >= 11 is 0. The molecule has 2 aliphatic carbocycles. The van der Waals surface area contributed by atoms with Gasteiger partial charge >= 0.3 is 0 Å². The number of fused-ring (bicyclic) bond motifs is 16. The van der Waals surface area contributed by atoms with E-state index in [4.69, 9.17) is 23.8 Å². The molecule has 14 rings (SSSR count). The predicted octanol–water partition coefficient (Wildman–Crippen LogP) is 14.7. The summed E-state index contributed by atoms with van der Waals surface area (Å²) in [4.78, 5) is 15.5. The lowest BCUT2D eigenvalue weighted by Crippen LogP contribution is -2.25. The van der Waals surface area contributed by atoms with E-state index in [1.165, 1.54) is 44.5 Å². The van der Waals surface area contributed by atoms with Crippen molar-refractivity contribution < 1.29 is 8.83 Å².